The molecule has 0 spiro atoms. The van der Waals surface area contributed by atoms with E-state index >= 15 is 0 Å². The van der Waals surface area contributed by atoms with Gasteiger partial charge in [0, 0.05) is 56.7 Å². The number of benzene rings is 1. The number of nitrogens with one attached hydrogen (secondary N) is 2. The molecular formula is C16H20FN5O. The summed E-state index contributed by atoms with van der Waals surface area (Å²) in [4.78, 5) is 23.1. The topological polar surface area (TPSA) is 64.3 Å². The van der Waals surface area contributed by atoms with Crippen molar-refractivity contribution < 1.29 is 9.18 Å². The van der Waals surface area contributed by atoms with Gasteiger partial charge in [-0.25, -0.2) is 14.2 Å². The van der Waals surface area contributed by atoms with Gasteiger partial charge in [-0.1, -0.05) is 0 Å². The monoisotopic (exact) mass is 317 g/mol. The van der Waals surface area contributed by atoms with Gasteiger partial charge in [-0.2, -0.15) is 0 Å². The summed E-state index contributed by atoms with van der Waals surface area (Å²) in [5.41, 5.74) is 2.00. The van der Waals surface area contributed by atoms with Crippen molar-refractivity contribution in [3.63, 3.8) is 0 Å². The summed E-state index contributed by atoms with van der Waals surface area (Å²) in [7, 11) is 0. The lowest BCUT2D eigenvalue weighted by atomic mass is 10.2. The number of hydrogen-bond donors (Lipinski definition) is 2. The van der Waals surface area contributed by atoms with Crippen molar-refractivity contribution >= 4 is 11.7 Å². The van der Waals surface area contributed by atoms with Gasteiger partial charge in [0.25, 0.3) is 0 Å². The summed E-state index contributed by atoms with van der Waals surface area (Å²) < 4.78 is 13.0. The number of H-pyrrole nitrogens is 1. The van der Waals surface area contributed by atoms with E-state index < -0.39 is 0 Å². The number of aromatic nitrogens is 2. The minimum Gasteiger partial charge on any atom is -0.368 e. The Morgan fingerprint density at radius 3 is 2.61 bits per heavy atom. The molecule has 122 valence electrons. The van der Waals surface area contributed by atoms with E-state index in [1.165, 1.54) is 12.1 Å². The second kappa shape index (κ2) is 7.13. The normalized spacial score (nSPS) is 14.8. The van der Waals surface area contributed by atoms with Crippen LogP contribution < -0.4 is 10.2 Å². The van der Waals surface area contributed by atoms with E-state index in [9.17, 15) is 9.18 Å². The van der Waals surface area contributed by atoms with E-state index in [0.29, 0.717) is 19.6 Å². The van der Waals surface area contributed by atoms with Gasteiger partial charge in [-0.05, 0) is 24.3 Å². The summed E-state index contributed by atoms with van der Waals surface area (Å²) in [6.07, 6.45) is 4.13. The van der Waals surface area contributed by atoms with E-state index in [4.69, 9.17) is 0 Å². The Morgan fingerprint density at radius 1 is 1.22 bits per heavy atom. The Morgan fingerprint density at radius 2 is 1.96 bits per heavy atom. The quantitative estimate of drug-likeness (QED) is 0.901. The highest BCUT2D eigenvalue weighted by molar-refractivity contribution is 5.74. The van der Waals surface area contributed by atoms with Crippen molar-refractivity contribution in [3.05, 3.63) is 48.3 Å². The summed E-state index contributed by atoms with van der Waals surface area (Å²) in [5.74, 6) is -0.232. The van der Waals surface area contributed by atoms with Crippen LogP contribution >= 0.6 is 0 Å². The first kappa shape index (κ1) is 15.3. The number of halogens is 1. The molecule has 0 aliphatic carbocycles. The zero-order chi connectivity index (χ0) is 16.1. The number of hydrogen-bond acceptors (Lipinski definition) is 3. The molecule has 2 amide bonds. The minimum atomic E-state index is -0.232. The highest BCUT2D eigenvalue weighted by Crippen LogP contribution is 2.16. The summed E-state index contributed by atoms with van der Waals surface area (Å²) in [6.45, 7) is 3.40. The smallest absolute Gasteiger partial charge is 0.317 e. The fourth-order valence-electron chi connectivity index (χ4n) is 2.66. The molecule has 2 heterocycles. The standard InChI is InChI=1S/C16H20FN5O/c17-13-1-3-15(4-2-13)21-7-9-22(10-8-21)16(23)19-6-5-14-11-18-12-20-14/h1-4,11-12H,5-10H2,(H,18,20)(H,19,23). The number of nitrogens with zero attached hydrogens (tertiary/aromatic N) is 3. The number of piperazine rings is 1. The van der Waals surface area contributed by atoms with Crippen molar-refractivity contribution in [2.24, 2.45) is 0 Å². The van der Waals surface area contributed by atoms with Gasteiger partial charge in [-0.15, -0.1) is 0 Å². The van der Waals surface area contributed by atoms with Gasteiger partial charge in [-0.3, -0.25) is 0 Å². The number of aromatic amines is 1. The third-order valence-electron chi connectivity index (χ3n) is 3.98. The van der Waals surface area contributed by atoms with E-state index in [1.807, 2.05) is 4.90 Å². The Kier molecular flexibility index (Phi) is 4.75. The number of imidazole rings is 1. The van der Waals surface area contributed by atoms with Crippen LogP contribution in [-0.4, -0.2) is 53.6 Å². The molecular weight excluding hydrogens is 297 g/mol. The van der Waals surface area contributed by atoms with Crippen molar-refractivity contribution in [2.75, 3.05) is 37.6 Å². The van der Waals surface area contributed by atoms with Crippen molar-refractivity contribution in [3.8, 4) is 0 Å². The van der Waals surface area contributed by atoms with E-state index in [0.717, 1.165) is 30.9 Å². The van der Waals surface area contributed by atoms with Crippen LogP contribution in [0.5, 0.6) is 0 Å². The van der Waals surface area contributed by atoms with Gasteiger partial charge < -0.3 is 20.1 Å². The summed E-state index contributed by atoms with van der Waals surface area (Å²) >= 11 is 0. The van der Waals surface area contributed by atoms with Crippen molar-refractivity contribution in [1.82, 2.24) is 20.2 Å². The molecule has 0 atom stereocenters. The van der Waals surface area contributed by atoms with Crippen LogP contribution in [0.2, 0.25) is 0 Å². The maximum absolute atomic E-state index is 13.0. The minimum absolute atomic E-state index is 0.0386. The third kappa shape index (κ3) is 4.00. The average molecular weight is 317 g/mol. The molecule has 1 fully saturated rings. The first-order valence-corrected chi connectivity index (χ1v) is 7.73. The number of carbonyl (C=O) groups excluding carboxylic acids is 1. The van der Waals surface area contributed by atoms with Gasteiger partial charge in [0.15, 0.2) is 0 Å². The third-order valence-corrected chi connectivity index (χ3v) is 3.98. The fourth-order valence-corrected chi connectivity index (χ4v) is 2.66. The molecule has 7 heteroatoms. The first-order valence-electron chi connectivity index (χ1n) is 7.73. The fraction of sp³-hybridized carbons (Fsp3) is 0.375. The van der Waals surface area contributed by atoms with E-state index in [2.05, 4.69) is 20.2 Å². The number of urea groups is 1. The maximum Gasteiger partial charge on any atom is 0.317 e. The van der Waals surface area contributed by atoms with Gasteiger partial charge in [0.1, 0.15) is 5.82 Å². The highest BCUT2D eigenvalue weighted by atomic mass is 19.1. The molecule has 0 saturated carbocycles. The van der Waals surface area contributed by atoms with E-state index in [-0.39, 0.29) is 11.8 Å². The molecule has 23 heavy (non-hydrogen) atoms. The molecule has 1 saturated heterocycles. The molecule has 2 aromatic rings. The lowest BCUT2D eigenvalue weighted by Gasteiger charge is -2.36. The Bertz CT molecular complexity index is 620. The van der Waals surface area contributed by atoms with Crippen LogP contribution in [0, 0.1) is 5.82 Å². The number of anilines is 1. The number of rotatable bonds is 4. The number of amides is 2. The Balaban J connectivity index is 1.43. The SMILES string of the molecule is O=C(NCCc1cnc[nH]1)N1CCN(c2ccc(F)cc2)CC1. The van der Waals surface area contributed by atoms with Gasteiger partial charge >= 0.3 is 6.03 Å². The van der Waals surface area contributed by atoms with E-state index in [1.54, 1.807) is 24.7 Å². The van der Waals surface area contributed by atoms with Crippen LogP contribution in [0.4, 0.5) is 14.9 Å². The highest BCUT2D eigenvalue weighted by Gasteiger charge is 2.20. The molecule has 6 nitrogen and oxygen atoms in total. The van der Waals surface area contributed by atoms with Crippen LogP contribution in [0.15, 0.2) is 36.8 Å². The molecule has 3 rings (SSSR count). The molecule has 1 aliphatic rings. The molecule has 1 aromatic heterocycles. The van der Waals surface area contributed by atoms with Gasteiger partial charge in [0.05, 0.1) is 6.33 Å². The Labute approximate surface area is 134 Å². The summed E-state index contributed by atoms with van der Waals surface area (Å²) in [5, 5.41) is 2.92. The van der Waals surface area contributed by atoms with Crippen LogP contribution in [-0.2, 0) is 6.42 Å². The zero-order valence-electron chi connectivity index (χ0n) is 12.8. The zero-order valence-corrected chi connectivity index (χ0v) is 12.8. The molecule has 2 N–H and O–H groups in total. The first-order chi connectivity index (χ1) is 11.2. The molecule has 0 bridgehead atoms. The summed E-state index contributed by atoms with van der Waals surface area (Å²) in [6, 6.07) is 6.43. The largest absolute Gasteiger partial charge is 0.368 e. The predicted octanol–water partition coefficient (Wildman–Crippen LogP) is 1.62. The Hall–Kier alpha value is -2.57. The van der Waals surface area contributed by atoms with Gasteiger partial charge in [0.2, 0.25) is 0 Å². The maximum atomic E-state index is 13.0. The second-order valence-corrected chi connectivity index (χ2v) is 5.51. The lowest BCUT2D eigenvalue weighted by molar-refractivity contribution is 0.194. The van der Waals surface area contributed by atoms with Crippen LogP contribution in [0.1, 0.15) is 5.69 Å². The lowest BCUT2D eigenvalue weighted by Crippen LogP contribution is -2.52. The molecule has 1 aromatic carbocycles. The van der Waals surface area contributed by atoms with Crippen molar-refractivity contribution in [1.29, 1.82) is 0 Å². The molecule has 0 radical (unpaired) electrons. The number of carbonyl (C=O) groups is 1. The molecule has 1 aliphatic heterocycles. The molecule has 0 unspecified atom stereocenters. The average Bonchev–Trinajstić information content (AvgIpc) is 3.09. The van der Waals surface area contributed by atoms with Crippen LogP contribution in [0.3, 0.4) is 0 Å². The second-order valence-electron chi connectivity index (χ2n) is 5.51. The van der Waals surface area contributed by atoms with Crippen molar-refractivity contribution in [2.45, 2.75) is 6.42 Å². The predicted molar refractivity (Wildman–Crippen MR) is 85.9 cm³/mol. The van der Waals surface area contributed by atoms with Crippen LogP contribution in [0.25, 0.3) is 0 Å².